The van der Waals surface area contributed by atoms with Crippen LogP contribution >= 0.6 is 22.7 Å². The number of carbonyl (C=O) groups excluding carboxylic acids is 1. The Hall–Kier alpha value is -2.02. The molecule has 134 valence electrons. The second-order valence-electron chi connectivity index (χ2n) is 6.54. The Morgan fingerprint density at radius 2 is 1.92 bits per heavy atom. The van der Waals surface area contributed by atoms with Crippen LogP contribution in [0.5, 0.6) is 0 Å². The van der Waals surface area contributed by atoms with Gasteiger partial charge in [0.15, 0.2) is 0 Å². The maximum Gasteiger partial charge on any atom is 0.273 e. The van der Waals surface area contributed by atoms with Crippen LogP contribution in [0, 0.1) is 6.92 Å². The number of hydrogen-bond acceptors (Lipinski definition) is 5. The number of aromatic nitrogens is 1. The molecule has 1 aliphatic heterocycles. The molecule has 2 aromatic heterocycles. The van der Waals surface area contributed by atoms with E-state index in [1.54, 1.807) is 22.7 Å². The van der Waals surface area contributed by atoms with E-state index in [0.29, 0.717) is 5.69 Å². The van der Waals surface area contributed by atoms with Crippen molar-refractivity contribution in [1.82, 2.24) is 14.8 Å². The summed E-state index contributed by atoms with van der Waals surface area (Å²) in [5.74, 6) is 0.0540. The van der Waals surface area contributed by atoms with E-state index in [2.05, 4.69) is 46.5 Å². The van der Waals surface area contributed by atoms with E-state index in [1.165, 1.54) is 11.1 Å². The number of hydrogen-bond donors (Lipinski definition) is 0. The lowest BCUT2D eigenvalue weighted by Crippen LogP contribution is -2.48. The molecular weight excluding hydrogens is 362 g/mol. The van der Waals surface area contributed by atoms with Crippen molar-refractivity contribution in [1.29, 1.82) is 0 Å². The molecule has 0 aliphatic carbocycles. The van der Waals surface area contributed by atoms with E-state index in [-0.39, 0.29) is 5.91 Å². The van der Waals surface area contributed by atoms with Gasteiger partial charge in [-0.25, -0.2) is 4.98 Å². The Bertz CT molecular complexity index is 880. The number of benzene rings is 1. The summed E-state index contributed by atoms with van der Waals surface area (Å²) in [6.07, 6.45) is 0. The molecule has 26 heavy (non-hydrogen) atoms. The van der Waals surface area contributed by atoms with Crippen molar-refractivity contribution in [3.05, 3.63) is 63.3 Å². The van der Waals surface area contributed by atoms with Crippen LogP contribution < -0.4 is 0 Å². The molecule has 4 nitrogen and oxygen atoms in total. The van der Waals surface area contributed by atoms with Gasteiger partial charge in [-0.1, -0.05) is 24.3 Å². The number of aryl methyl sites for hydroxylation is 1. The van der Waals surface area contributed by atoms with Crippen molar-refractivity contribution in [3.8, 4) is 10.6 Å². The van der Waals surface area contributed by atoms with Crippen molar-refractivity contribution in [2.24, 2.45) is 0 Å². The van der Waals surface area contributed by atoms with Gasteiger partial charge in [-0.05, 0) is 29.5 Å². The van der Waals surface area contributed by atoms with Gasteiger partial charge in [-0.2, -0.15) is 11.3 Å². The third-order valence-corrected chi connectivity index (χ3v) is 6.38. The standard InChI is InChI=1S/C20H21N3OS2/c1-15-4-2-3-5-16(15)12-22-7-9-23(10-8-22)20(24)18-14-26-19(21-18)17-6-11-25-13-17/h2-6,11,13-14H,7-10,12H2,1H3. The predicted octanol–water partition coefficient (Wildman–Crippen LogP) is 4.14. The van der Waals surface area contributed by atoms with Gasteiger partial charge in [-0.3, -0.25) is 9.69 Å². The highest BCUT2D eigenvalue weighted by Gasteiger charge is 2.24. The van der Waals surface area contributed by atoms with Crippen LogP contribution in [0.3, 0.4) is 0 Å². The molecule has 0 bridgehead atoms. The Morgan fingerprint density at radius 1 is 1.12 bits per heavy atom. The molecule has 3 aromatic rings. The van der Waals surface area contributed by atoms with Gasteiger partial charge in [0, 0.05) is 49.0 Å². The minimum Gasteiger partial charge on any atom is -0.335 e. The third kappa shape index (κ3) is 3.72. The van der Waals surface area contributed by atoms with Crippen LogP contribution in [0.4, 0.5) is 0 Å². The molecule has 0 spiro atoms. The van der Waals surface area contributed by atoms with Crippen LogP contribution in [-0.2, 0) is 6.54 Å². The van der Waals surface area contributed by atoms with E-state index in [1.807, 2.05) is 21.7 Å². The summed E-state index contributed by atoms with van der Waals surface area (Å²) >= 11 is 3.19. The fourth-order valence-corrected chi connectivity index (χ4v) is 4.70. The van der Waals surface area contributed by atoms with Gasteiger partial charge in [0.25, 0.3) is 5.91 Å². The summed E-state index contributed by atoms with van der Waals surface area (Å²) in [5.41, 5.74) is 4.37. The summed E-state index contributed by atoms with van der Waals surface area (Å²) < 4.78 is 0. The lowest BCUT2D eigenvalue weighted by atomic mass is 10.1. The highest BCUT2D eigenvalue weighted by atomic mass is 32.1. The molecule has 1 fully saturated rings. The number of nitrogens with zero attached hydrogens (tertiary/aromatic N) is 3. The summed E-state index contributed by atoms with van der Waals surface area (Å²) in [6, 6.07) is 10.6. The van der Waals surface area contributed by atoms with Crippen LogP contribution in [0.15, 0.2) is 46.5 Å². The highest BCUT2D eigenvalue weighted by Crippen LogP contribution is 2.26. The summed E-state index contributed by atoms with van der Waals surface area (Å²) in [6.45, 7) is 6.44. The van der Waals surface area contributed by atoms with Crippen molar-refractivity contribution in [3.63, 3.8) is 0 Å². The van der Waals surface area contributed by atoms with E-state index < -0.39 is 0 Å². The van der Waals surface area contributed by atoms with Gasteiger partial charge in [0.1, 0.15) is 10.7 Å². The quantitative estimate of drug-likeness (QED) is 0.679. The van der Waals surface area contributed by atoms with Crippen molar-refractivity contribution < 1.29 is 4.79 Å². The molecule has 0 N–H and O–H groups in total. The SMILES string of the molecule is Cc1ccccc1CN1CCN(C(=O)c2csc(-c3ccsc3)n2)CC1. The molecule has 4 rings (SSSR count). The zero-order chi connectivity index (χ0) is 17.9. The molecule has 0 saturated carbocycles. The van der Waals surface area contributed by atoms with Crippen LogP contribution in [0.25, 0.3) is 10.6 Å². The first-order valence-electron chi connectivity index (χ1n) is 8.75. The first-order valence-corrected chi connectivity index (χ1v) is 10.6. The second kappa shape index (κ2) is 7.70. The molecule has 1 aliphatic rings. The van der Waals surface area contributed by atoms with E-state index in [0.717, 1.165) is 43.3 Å². The Labute approximate surface area is 161 Å². The molecule has 1 saturated heterocycles. The molecular formula is C20H21N3OS2. The van der Waals surface area contributed by atoms with Crippen molar-refractivity contribution >= 4 is 28.6 Å². The predicted molar refractivity (Wildman–Crippen MR) is 108 cm³/mol. The summed E-state index contributed by atoms with van der Waals surface area (Å²) in [5, 5.41) is 6.91. The smallest absolute Gasteiger partial charge is 0.273 e. The molecule has 1 amide bonds. The van der Waals surface area contributed by atoms with Crippen molar-refractivity contribution in [2.75, 3.05) is 26.2 Å². The van der Waals surface area contributed by atoms with E-state index >= 15 is 0 Å². The van der Waals surface area contributed by atoms with Crippen LogP contribution in [0.1, 0.15) is 21.6 Å². The number of carbonyl (C=O) groups is 1. The van der Waals surface area contributed by atoms with Gasteiger partial charge in [0.05, 0.1) is 0 Å². The fourth-order valence-electron chi connectivity index (χ4n) is 3.19. The maximum atomic E-state index is 12.8. The van der Waals surface area contributed by atoms with E-state index in [9.17, 15) is 4.79 Å². The van der Waals surface area contributed by atoms with Crippen LogP contribution in [0.2, 0.25) is 0 Å². The molecule has 1 aromatic carbocycles. The summed E-state index contributed by atoms with van der Waals surface area (Å²) in [4.78, 5) is 21.7. The molecule has 0 atom stereocenters. The minimum atomic E-state index is 0.0540. The molecule has 3 heterocycles. The topological polar surface area (TPSA) is 36.4 Å². The average Bonchev–Trinajstić information content (AvgIpc) is 3.35. The fraction of sp³-hybridized carbons (Fsp3) is 0.300. The largest absolute Gasteiger partial charge is 0.335 e. The lowest BCUT2D eigenvalue weighted by Gasteiger charge is -2.34. The van der Waals surface area contributed by atoms with E-state index in [4.69, 9.17) is 0 Å². The highest BCUT2D eigenvalue weighted by molar-refractivity contribution is 7.14. The Balaban J connectivity index is 1.36. The van der Waals surface area contributed by atoms with Gasteiger partial charge >= 0.3 is 0 Å². The lowest BCUT2D eigenvalue weighted by molar-refractivity contribution is 0.0623. The monoisotopic (exact) mass is 383 g/mol. The van der Waals surface area contributed by atoms with Gasteiger partial charge in [-0.15, -0.1) is 11.3 Å². The molecule has 6 heteroatoms. The number of thiazole rings is 1. The zero-order valence-corrected chi connectivity index (χ0v) is 16.4. The Morgan fingerprint density at radius 3 is 2.65 bits per heavy atom. The summed E-state index contributed by atoms with van der Waals surface area (Å²) in [7, 11) is 0. The number of amides is 1. The number of piperazine rings is 1. The zero-order valence-electron chi connectivity index (χ0n) is 14.7. The second-order valence-corrected chi connectivity index (χ2v) is 8.18. The molecule has 0 unspecified atom stereocenters. The number of rotatable bonds is 4. The normalized spacial score (nSPS) is 15.3. The minimum absolute atomic E-state index is 0.0540. The molecule has 0 radical (unpaired) electrons. The average molecular weight is 384 g/mol. The Kier molecular flexibility index (Phi) is 5.15. The van der Waals surface area contributed by atoms with Crippen molar-refractivity contribution in [2.45, 2.75) is 13.5 Å². The maximum absolute atomic E-state index is 12.8. The van der Waals surface area contributed by atoms with Crippen LogP contribution in [-0.4, -0.2) is 46.9 Å². The first-order chi connectivity index (χ1) is 12.7. The number of thiophene rings is 1. The first kappa shape index (κ1) is 17.4. The van der Waals surface area contributed by atoms with Gasteiger partial charge in [0.2, 0.25) is 0 Å². The third-order valence-electron chi connectivity index (χ3n) is 4.81. The van der Waals surface area contributed by atoms with Gasteiger partial charge < -0.3 is 4.90 Å².